The van der Waals surface area contributed by atoms with Crippen LogP contribution in [0.1, 0.15) is 27.9 Å². The number of hydrogen-bond acceptors (Lipinski definition) is 5. The smallest absolute Gasteiger partial charge is 0.254 e. The Kier molecular flexibility index (Phi) is 6.21. The van der Waals surface area contributed by atoms with E-state index < -0.39 is 5.60 Å². The van der Waals surface area contributed by atoms with E-state index in [-0.39, 0.29) is 24.2 Å². The molecule has 7 nitrogen and oxygen atoms in total. The Hall–Kier alpha value is -3.78. The molecule has 35 heavy (non-hydrogen) atoms. The molecule has 0 radical (unpaired) electrons. The number of aromatic nitrogens is 1. The monoisotopic (exact) mass is 474 g/mol. The first kappa shape index (κ1) is 23.0. The maximum Gasteiger partial charge on any atom is 0.254 e. The summed E-state index contributed by atoms with van der Waals surface area (Å²) in [5.74, 6) is -0.593. The van der Waals surface area contributed by atoms with Crippen LogP contribution in [0.25, 0.3) is 0 Å². The molecule has 180 valence electrons. The fourth-order valence-corrected chi connectivity index (χ4v) is 4.66. The number of aryl methyl sites for hydroxylation is 1. The van der Waals surface area contributed by atoms with Gasteiger partial charge in [-0.05, 0) is 66.9 Å². The third kappa shape index (κ3) is 4.88. The summed E-state index contributed by atoms with van der Waals surface area (Å²) in [5, 5.41) is 3.40. The number of morpholine rings is 1. The number of carbonyl (C=O) groups excluding carboxylic acids is 2. The summed E-state index contributed by atoms with van der Waals surface area (Å²) in [6.45, 7) is 3.81. The maximum absolute atomic E-state index is 13.4. The van der Waals surface area contributed by atoms with Crippen molar-refractivity contribution in [1.82, 2.24) is 9.88 Å². The van der Waals surface area contributed by atoms with Crippen LogP contribution in [0.15, 0.2) is 67.0 Å². The molecule has 3 heterocycles. The van der Waals surface area contributed by atoms with E-state index in [0.717, 1.165) is 16.8 Å². The number of pyridine rings is 1. The van der Waals surface area contributed by atoms with E-state index in [4.69, 9.17) is 4.74 Å². The van der Waals surface area contributed by atoms with Crippen molar-refractivity contribution in [3.63, 3.8) is 0 Å². The molecule has 2 aliphatic rings. The zero-order valence-corrected chi connectivity index (χ0v) is 19.5. The molecule has 3 aromatic rings. The standard InChI is InChI=1S/C27H27FN4O3/c1-19-4-5-21(13-24(19)30-15-20-3-2-11-29-14-20)26(34)31-12-10-27(17-31)18-32(25(33)16-35-27)23-8-6-22(28)7-9-23/h2-9,11,13-14,30H,10,12,15-18H2,1H3/t27-/m1/s1. The van der Waals surface area contributed by atoms with Gasteiger partial charge in [-0.25, -0.2) is 4.39 Å². The van der Waals surface area contributed by atoms with Crippen molar-refractivity contribution in [3.8, 4) is 0 Å². The summed E-state index contributed by atoms with van der Waals surface area (Å²) >= 11 is 0. The minimum absolute atomic E-state index is 0.0631. The second-order valence-electron chi connectivity index (χ2n) is 9.15. The molecule has 0 aliphatic carbocycles. The van der Waals surface area contributed by atoms with Crippen LogP contribution in [0.5, 0.6) is 0 Å². The van der Waals surface area contributed by atoms with Gasteiger partial charge >= 0.3 is 0 Å². The van der Waals surface area contributed by atoms with Gasteiger partial charge in [0.1, 0.15) is 18.0 Å². The second kappa shape index (κ2) is 9.46. The molecule has 1 spiro atoms. The Morgan fingerprint density at radius 1 is 1.17 bits per heavy atom. The van der Waals surface area contributed by atoms with Crippen molar-refractivity contribution < 1.29 is 18.7 Å². The quantitative estimate of drug-likeness (QED) is 0.609. The van der Waals surface area contributed by atoms with Crippen molar-refractivity contribution in [1.29, 1.82) is 0 Å². The average molecular weight is 475 g/mol. The Morgan fingerprint density at radius 3 is 2.77 bits per heavy atom. The van der Waals surface area contributed by atoms with Gasteiger partial charge in [-0.2, -0.15) is 0 Å². The zero-order chi connectivity index (χ0) is 24.4. The van der Waals surface area contributed by atoms with E-state index in [9.17, 15) is 14.0 Å². The van der Waals surface area contributed by atoms with E-state index in [1.807, 2.05) is 43.5 Å². The van der Waals surface area contributed by atoms with Gasteiger partial charge in [0, 0.05) is 42.4 Å². The van der Waals surface area contributed by atoms with E-state index in [1.165, 1.54) is 12.1 Å². The number of amides is 2. The number of carbonyl (C=O) groups is 2. The van der Waals surface area contributed by atoms with Crippen LogP contribution in [0.4, 0.5) is 15.8 Å². The van der Waals surface area contributed by atoms with Crippen LogP contribution in [0.2, 0.25) is 0 Å². The first-order valence-corrected chi connectivity index (χ1v) is 11.7. The first-order valence-electron chi connectivity index (χ1n) is 11.7. The molecule has 2 aliphatic heterocycles. The molecule has 2 aromatic carbocycles. The molecule has 0 bridgehead atoms. The van der Waals surface area contributed by atoms with Crippen molar-refractivity contribution in [2.75, 3.05) is 36.5 Å². The van der Waals surface area contributed by atoms with Gasteiger partial charge in [0.25, 0.3) is 11.8 Å². The lowest BCUT2D eigenvalue weighted by atomic mass is 10.00. The molecule has 0 saturated carbocycles. The molecule has 2 saturated heterocycles. The number of nitrogens with one attached hydrogen (secondary N) is 1. The molecule has 5 rings (SSSR count). The highest BCUT2D eigenvalue weighted by Gasteiger charge is 2.46. The molecular weight excluding hydrogens is 447 g/mol. The third-order valence-electron chi connectivity index (χ3n) is 6.68. The van der Waals surface area contributed by atoms with Gasteiger partial charge in [-0.15, -0.1) is 0 Å². The first-order chi connectivity index (χ1) is 16.9. The van der Waals surface area contributed by atoms with E-state index in [1.54, 1.807) is 28.1 Å². The lowest BCUT2D eigenvalue weighted by molar-refractivity contribution is -0.137. The van der Waals surface area contributed by atoms with Crippen LogP contribution in [0, 0.1) is 12.7 Å². The van der Waals surface area contributed by atoms with Crippen molar-refractivity contribution in [2.24, 2.45) is 0 Å². The van der Waals surface area contributed by atoms with E-state index >= 15 is 0 Å². The van der Waals surface area contributed by atoms with Crippen LogP contribution >= 0.6 is 0 Å². The summed E-state index contributed by atoms with van der Waals surface area (Å²) in [7, 11) is 0. The number of ether oxygens (including phenoxy) is 1. The topological polar surface area (TPSA) is 74.8 Å². The van der Waals surface area contributed by atoms with Gasteiger partial charge in [-0.3, -0.25) is 14.6 Å². The minimum Gasteiger partial charge on any atom is -0.381 e. The summed E-state index contributed by atoms with van der Waals surface area (Å²) in [6.07, 6.45) is 4.18. The maximum atomic E-state index is 13.4. The van der Waals surface area contributed by atoms with E-state index in [2.05, 4.69) is 10.3 Å². The number of anilines is 2. The molecule has 1 atom stereocenters. The largest absolute Gasteiger partial charge is 0.381 e. The normalized spacial score (nSPS) is 19.9. The minimum atomic E-state index is -0.635. The molecule has 1 N–H and O–H groups in total. The SMILES string of the molecule is Cc1ccc(C(=O)N2CC[C@@]3(C2)CN(c2ccc(F)cc2)C(=O)CO3)cc1NCc1cccnc1. The fourth-order valence-electron chi connectivity index (χ4n) is 4.66. The van der Waals surface area contributed by atoms with Crippen LogP contribution in [-0.4, -0.2) is 53.5 Å². The van der Waals surface area contributed by atoms with Crippen LogP contribution < -0.4 is 10.2 Å². The molecule has 2 amide bonds. The lowest BCUT2D eigenvalue weighted by Gasteiger charge is -2.40. The highest BCUT2D eigenvalue weighted by Crippen LogP contribution is 2.33. The number of likely N-dealkylation sites (tertiary alicyclic amines) is 1. The fraction of sp³-hybridized carbons (Fsp3) is 0.296. The summed E-state index contributed by atoms with van der Waals surface area (Å²) in [5.41, 5.74) is 3.60. The predicted octanol–water partition coefficient (Wildman–Crippen LogP) is 3.79. The highest BCUT2D eigenvalue weighted by molar-refractivity contribution is 5.97. The van der Waals surface area contributed by atoms with Gasteiger partial charge in [0.2, 0.25) is 0 Å². The summed E-state index contributed by atoms with van der Waals surface area (Å²) in [4.78, 5) is 33.4. The van der Waals surface area contributed by atoms with Gasteiger partial charge in [0.05, 0.1) is 13.1 Å². The van der Waals surface area contributed by atoms with Crippen LogP contribution in [0.3, 0.4) is 0 Å². The third-order valence-corrected chi connectivity index (χ3v) is 6.68. The number of rotatable bonds is 5. The Morgan fingerprint density at radius 2 is 2.00 bits per heavy atom. The molecule has 0 unspecified atom stereocenters. The van der Waals surface area contributed by atoms with Gasteiger partial charge < -0.3 is 19.9 Å². The van der Waals surface area contributed by atoms with Crippen molar-refractivity contribution in [2.45, 2.75) is 25.5 Å². The zero-order valence-electron chi connectivity index (χ0n) is 19.5. The number of halogens is 1. The van der Waals surface area contributed by atoms with Crippen LogP contribution in [-0.2, 0) is 16.1 Å². The van der Waals surface area contributed by atoms with E-state index in [0.29, 0.717) is 43.9 Å². The number of benzene rings is 2. The summed E-state index contributed by atoms with van der Waals surface area (Å²) in [6, 6.07) is 15.4. The Balaban J connectivity index is 1.28. The molecule has 1 aromatic heterocycles. The molecule has 2 fully saturated rings. The highest BCUT2D eigenvalue weighted by atomic mass is 19.1. The van der Waals surface area contributed by atoms with Crippen molar-refractivity contribution in [3.05, 3.63) is 89.5 Å². The Bertz CT molecular complexity index is 1230. The number of nitrogens with zero attached hydrogens (tertiary/aromatic N) is 3. The Labute approximate surface area is 203 Å². The van der Waals surface area contributed by atoms with Gasteiger partial charge in [0.15, 0.2) is 0 Å². The average Bonchev–Trinajstić information content (AvgIpc) is 3.29. The number of hydrogen-bond donors (Lipinski definition) is 1. The summed E-state index contributed by atoms with van der Waals surface area (Å²) < 4.78 is 19.3. The second-order valence-corrected chi connectivity index (χ2v) is 9.15. The molecule has 8 heteroatoms. The van der Waals surface area contributed by atoms with Crippen molar-refractivity contribution >= 4 is 23.2 Å². The van der Waals surface area contributed by atoms with Gasteiger partial charge in [-0.1, -0.05) is 12.1 Å². The predicted molar refractivity (Wildman–Crippen MR) is 131 cm³/mol. The molecular formula is C27H27FN4O3. The lowest BCUT2D eigenvalue weighted by Crippen LogP contribution is -2.56.